The Morgan fingerprint density at radius 2 is 0.786 bits per heavy atom. The normalized spacial score (nSPS) is 78.4. The zero-order valence-electron chi connectivity index (χ0n) is 9.62. The fourth-order valence-electron chi connectivity index (χ4n) is 8.00. The van der Waals surface area contributed by atoms with Gasteiger partial charge in [-0.15, -0.1) is 0 Å². The highest BCUT2D eigenvalue weighted by Crippen LogP contribution is 3.12. The van der Waals surface area contributed by atoms with Gasteiger partial charge in [0, 0.05) is 0 Å². The van der Waals surface area contributed by atoms with Crippen LogP contribution in [0.2, 0.25) is 0 Å². The Bertz CT molecular complexity index is 273. The molecule has 6 aliphatic rings. The molecular formula is C14H20. The van der Waals surface area contributed by atoms with Crippen molar-refractivity contribution >= 4 is 0 Å². The van der Waals surface area contributed by atoms with Gasteiger partial charge < -0.3 is 0 Å². The standard InChI is InChI=1S/C14H20/c1-5(2)13-7-10-8(13)12-9(13)11(7)14(10,12)6(3)4/h5-12H,1-4H3. The lowest BCUT2D eigenvalue weighted by Crippen LogP contribution is -3.11. The third kappa shape index (κ3) is 0.280. The molecule has 6 fully saturated rings. The van der Waals surface area contributed by atoms with E-state index in [0.29, 0.717) is 0 Å². The maximum absolute atomic E-state index is 2.49. The van der Waals surface area contributed by atoms with E-state index in [1.807, 2.05) is 0 Å². The first-order chi connectivity index (χ1) is 6.62. The fraction of sp³-hybridized carbons (Fsp3) is 1.00. The Morgan fingerprint density at radius 3 is 0.929 bits per heavy atom. The smallest absolute Gasteiger partial charge is 0.0172 e. The number of hydrogen-bond acceptors (Lipinski definition) is 0. The van der Waals surface area contributed by atoms with Gasteiger partial charge in [0.1, 0.15) is 0 Å². The molecule has 0 aromatic carbocycles. The molecule has 0 amide bonds. The van der Waals surface area contributed by atoms with Crippen LogP contribution < -0.4 is 0 Å². The molecule has 0 N–H and O–H groups in total. The van der Waals surface area contributed by atoms with Crippen LogP contribution in [-0.4, -0.2) is 0 Å². The number of rotatable bonds is 2. The molecule has 0 spiro atoms. The average molecular weight is 188 g/mol. The predicted octanol–water partition coefficient (Wildman–Crippen LogP) is 3.04. The van der Waals surface area contributed by atoms with Gasteiger partial charge in [-0.3, -0.25) is 0 Å². The lowest BCUT2D eigenvalue weighted by molar-refractivity contribution is -0.674. The van der Waals surface area contributed by atoms with E-state index in [0.717, 1.165) is 22.7 Å². The fourth-order valence-corrected chi connectivity index (χ4v) is 8.00. The Balaban J connectivity index is 1.60. The van der Waals surface area contributed by atoms with Crippen molar-refractivity contribution in [3.8, 4) is 0 Å². The van der Waals surface area contributed by atoms with Gasteiger partial charge in [0.05, 0.1) is 0 Å². The van der Waals surface area contributed by atoms with Gasteiger partial charge in [-0.25, -0.2) is 0 Å². The van der Waals surface area contributed by atoms with Crippen LogP contribution in [0.3, 0.4) is 0 Å². The lowest BCUT2D eigenvalue weighted by atomic mass is 8.90. The molecule has 0 heteroatoms. The molecule has 76 valence electrons. The van der Waals surface area contributed by atoms with Gasteiger partial charge in [0.2, 0.25) is 0 Å². The van der Waals surface area contributed by atoms with E-state index < -0.39 is 0 Å². The highest BCUT2D eigenvalue weighted by atomic mass is 15.1. The van der Waals surface area contributed by atoms with Crippen molar-refractivity contribution in [1.82, 2.24) is 0 Å². The lowest BCUT2D eigenvalue weighted by Gasteiger charge is -3.13. The molecule has 0 saturated heterocycles. The van der Waals surface area contributed by atoms with E-state index in [1.54, 1.807) is 0 Å². The summed E-state index contributed by atoms with van der Waals surface area (Å²) in [5.74, 6) is 9.35. The summed E-state index contributed by atoms with van der Waals surface area (Å²) in [6, 6.07) is 0. The second-order valence-electron chi connectivity index (χ2n) is 7.46. The summed E-state index contributed by atoms with van der Waals surface area (Å²) in [6.07, 6.45) is 0. The minimum Gasteiger partial charge on any atom is -0.0622 e. The molecular weight excluding hydrogens is 168 g/mol. The molecule has 14 heavy (non-hydrogen) atoms. The first-order valence-corrected chi connectivity index (χ1v) is 6.62. The van der Waals surface area contributed by atoms with Crippen LogP contribution in [0.15, 0.2) is 0 Å². The van der Waals surface area contributed by atoms with Crippen molar-refractivity contribution in [3.05, 3.63) is 0 Å². The van der Waals surface area contributed by atoms with Crippen molar-refractivity contribution in [2.75, 3.05) is 0 Å². The highest BCUT2D eigenvalue weighted by molar-refractivity contribution is 5.55. The third-order valence-corrected chi connectivity index (χ3v) is 7.79. The van der Waals surface area contributed by atoms with Crippen LogP contribution >= 0.6 is 0 Å². The summed E-state index contributed by atoms with van der Waals surface area (Å²) in [7, 11) is 0. The van der Waals surface area contributed by atoms with Crippen molar-refractivity contribution < 1.29 is 0 Å². The van der Waals surface area contributed by atoms with Gasteiger partial charge >= 0.3 is 0 Å². The second-order valence-corrected chi connectivity index (χ2v) is 7.46. The molecule has 6 rings (SSSR count). The van der Waals surface area contributed by atoms with E-state index in [2.05, 4.69) is 27.7 Å². The summed E-state index contributed by atoms with van der Waals surface area (Å²) >= 11 is 0. The summed E-state index contributed by atoms with van der Waals surface area (Å²) in [5, 5.41) is 0. The van der Waals surface area contributed by atoms with Crippen LogP contribution in [0.4, 0.5) is 0 Å². The molecule has 0 unspecified atom stereocenters. The quantitative estimate of drug-likeness (QED) is 0.625. The van der Waals surface area contributed by atoms with E-state index in [9.17, 15) is 0 Å². The zero-order chi connectivity index (χ0) is 9.62. The minimum atomic E-state index is 0.927. The summed E-state index contributed by atoms with van der Waals surface area (Å²) < 4.78 is 0. The molecule has 0 aromatic rings. The molecule has 0 radical (unpaired) electrons. The first kappa shape index (κ1) is 7.30. The van der Waals surface area contributed by atoms with E-state index in [-0.39, 0.29) is 0 Å². The van der Waals surface area contributed by atoms with Crippen LogP contribution in [0.25, 0.3) is 0 Å². The Kier molecular flexibility index (Phi) is 0.753. The monoisotopic (exact) mass is 188 g/mol. The van der Waals surface area contributed by atoms with E-state index in [1.165, 1.54) is 35.5 Å². The first-order valence-electron chi connectivity index (χ1n) is 6.62. The van der Waals surface area contributed by atoms with Gasteiger partial charge in [0.25, 0.3) is 0 Å². The van der Waals surface area contributed by atoms with Crippen molar-refractivity contribution in [2.24, 2.45) is 58.2 Å². The number of hydrogen-bond donors (Lipinski definition) is 0. The summed E-state index contributed by atoms with van der Waals surface area (Å²) in [6.45, 7) is 9.96. The molecule has 0 nitrogen and oxygen atoms in total. The van der Waals surface area contributed by atoms with Crippen LogP contribution in [0, 0.1) is 58.2 Å². The summed E-state index contributed by atoms with van der Waals surface area (Å²) in [4.78, 5) is 0. The van der Waals surface area contributed by atoms with Crippen LogP contribution in [0.5, 0.6) is 0 Å². The van der Waals surface area contributed by atoms with Gasteiger partial charge in [-0.05, 0) is 58.2 Å². The Hall–Kier alpha value is 0. The second kappa shape index (κ2) is 1.44. The van der Waals surface area contributed by atoms with Crippen LogP contribution in [0.1, 0.15) is 27.7 Å². The van der Waals surface area contributed by atoms with Gasteiger partial charge in [-0.1, -0.05) is 27.7 Å². The molecule has 6 aliphatic carbocycles. The topological polar surface area (TPSA) is 0 Å². The molecule has 0 aliphatic heterocycles. The molecule has 0 aromatic heterocycles. The SMILES string of the molecule is CC(C)C12C3C4C1C1C2C3C41C(C)C. The zero-order valence-corrected chi connectivity index (χ0v) is 9.62. The Labute approximate surface area is 86.5 Å². The van der Waals surface area contributed by atoms with Crippen molar-refractivity contribution in [3.63, 3.8) is 0 Å². The molecule has 6 saturated carbocycles. The Morgan fingerprint density at radius 1 is 0.571 bits per heavy atom. The summed E-state index contributed by atoms with van der Waals surface area (Å²) in [5.41, 5.74) is 1.85. The van der Waals surface area contributed by atoms with E-state index in [4.69, 9.17) is 0 Å². The van der Waals surface area contributed by atoms with Crippen LogP contribution in [-0.2, 0) is 0 Å². The maximum atomic E-state index is 2.49. The van der Waals surface area contributed by atoms with Crippen molar-refractivity contribution in [1.29, 1.82) is 0 Å². The molecule has 0 bridgehead atoms. The molecule has 0 atom stereocenters. The third-order valence-electron chi connectivity index (χ3n) is 7.79. The van der Waals surface area contributed by atoms with E-state index >= 15 is 0 Å². The largest absolute Gasteiger partial charge is 0.0622 e. The predicted molar refractivity (Wildman–Crippen MR) is 55.5 cm³/mol. The van der Waals surface area contributed by atoms with Gasteiger partial charge in [-0.2, -0.15) is 0 Å². The maximum Gasteiger partial charge on any atom is -0.0172 e. The highest BCUT2D eigenvalue weighted by Gasteiger charge is 3.09. The van der Waals surface area contributed by atoms with Gasteiger partial charge in [0.15, 0.2) is 0 Å². The molecule has 0 heterocycles. The van der Waals surface area contributed by atoms with Crippen molar-refractivity contribution in [2.45, 2.75) is 27.7 Å². The average Bonchev–Trinajstić information content (AvgIpc) is 2.16. The minimum absolute atomic E-state index is 0.927.